The number of oxazole rings is 1. The van der Waals surface area contributed by atoms with Crippen molar-refractivity contribution in [2.45, 2.75) is 24.8 Å². The van der Waals surface area contributed by atoms with E-state index in [1.165, 1.54) is 12.4 Å². The van der Waals surface area contributed by atoms with Gasteiger partial charge in [-0.05, 0) is 37.1 Å². The molecule has 6 rings (SSSR count). The number of likely N-dealkylation sites (tertiary alicyclic amines) is 1. The maximum atomic E-state index is 11.8. The van der Waals surface area contributed by atoms with Gasteiger partial charge in [0.2, 0.25) is 5.91 Å². The molecule has 0 radical (unpaired) electrons. The first-order valence-corrected chi connectivity index (χ1v) is 10.6. The summed E-state index contributed by atoms with van der Waals surface area (Å²) in [4.78, 5) is 26.7. The number of amides is 1. The summed E-state index contributed by atoms with van der Waals surface area (Å²) in [5.41, 5.74) is 10.1. The van der Waals surface area contributed by atoms with E-state index in [9.17, 15) is 4.79 Å². The second-order valence-corrected chi connectivity index (χ2v) is 8.27. The van der Waals surface area contributed by atoms with Crippen molar-refractivity contribution < 1.29 is 9.21 Å². The van der Waals surface area contributed by atoms with Crippen molar-refractivity contribution in [1.29, 1.82) is 0 Å². The third-order valence-electron chi connectivity index (χ3n) is 6.05. The fourth-order valence-corrected chi connectivity index (χ4v) is 4.09. The lowest BCUT2D eigenvalue weighted by Crippen LogP contribution is -2.50. The van der Waals surface area contributed by atoms with Gasteiger partial charge in [0.1, 0.15) is 23.3 Å². The normalized spacial score (nSPS) is 16.1. The predicted molar refractivity (Wildman–Crippen MR) is 120 cm³/mol. The molecular weight excluding hydrogens is 404 g/mol. The zero-order chi connectivity index (χ0) is 21.8. The van der Waals surface area contributed by atoms with Gasteiger partial charge in [-0.1, -0.05) is 18.4 Å². The van der Waals surface area contributed by atoms with E-state index in [2.05, 4.69) is 33.4 Å². The van der Waals surface area contributed by atoms with Gasteiger partial charge in [-0.25, -0.2) is 15.0 Å². The highest BCUT2D eigenvalue weighted by molar-refractivity contribution is 5.93. The van der Waals surface area contributed by atoms with Crippen LogP contribution in [0.5, 0.6) is 0 Å². The lowest BCUT2D eigenvalue weighted by molar-refractivity contribution is -0.131. The summed E-state index contributed by atoms with van der Waals surface area (Å²) >= 11 is 0. The van der Waals surface area contributed by atoms with Crippen LogP contribution in [0.1, 0.15) is 41.8 Å². The van der Waals surface area contributed by atoms with Gasteiger partial charge in [-0.15, -0.1) is 0 Å². The van der Waals surface area contributed by atoms with Crippen LogP contribution in [-0.2, 0) is 4.79 Å². The molecule has 1 amide bonds. The second-order valence-electron chi connectivity index (χ2n) is 8.27. The fourth-order valence-electron chi connectivity index (χ4n) is 4.09. The highest BCUT2D eigenvalue weighted by Crippen LogP contribution is 2.40. The molecule has 1 aliphatic heterocycles. The molecule has 1 saturated heterocycles. The van der Waals surface area contributed by atoms with E-state index >= 15 is 0 Å². The molecule has 4 aromatic rings. The van der Waals surface area contributed by atoms with Crippen LogP contribution in [0.25, 0.3) is 22.1 Å². The molecular formula is C24H20N6O2. The van der Waals surface area contributed by atoms with Gasteiger partial charge in [-0.2, -0.15) is 0 Å². The molecule has 1 aromatic carbocycles. The van der Waals surface area contributed by atoms with Crippen LogP contribution in [0.4, 0.5) is 5.82 Å². The number of fused-ring (bicyclic) bond motifs is 2. The van der Waals surface area contributed by atoms with Crippen LogP contribution >= 0.6 is 0 Å². The number of nitrogens with zero attached hydrogens (tertiary/aromatic N) is 5. The number of hydrogen-bond acceptors (Lipinski definition) is 6. The van der Waals surface area contributed by atoms with Crippen LogP contribution in [0.3, 0.4) is 0 Å². The Morgan fingerprint density at radius 3 is 2.88 bits per heavy atom. The van der Waals surface area contributed by atoms with Crippen LogP contribution < -0.4 is 5.73 Å². The number of hydrogen-bond donors (Lipinski definition) is 1. The van der Waals surface area contributed by atoms with Crippen molar-refractivity contribution in [1.82, 2.24) is 24.4 Å². The Labute approximate surface area is 183 Å². The van der Waals surface area contributed by atoms with Crippen LogP contribution in [0.2, 0.25) is 0 Å². The molecule has 8 nitrogen and oxygen atoms in total. The Kier molecular flexibility index (Phi) is 4.05. The first-order valence-electron chi connectivity index (χ1n) is 10.6. The maximum Gasteiger partial charge on any atom is 0.246 e. The number of carbonyl (C=O) groups excluding carboxylic acids is 1. The Hall–Kier alpha value is -4.12. The number of nitrogen functional groups attached to an aromatic ring is 1. The summed E-state index contributed by atoms with van der Waals surface area (Å²) in [6, 6.07) is 5.90. The number of benzene rings is 1. The standard InChI is InChI=1S/C24H20N6O2/c1-2-20(31)29-11-17(12-29)30-10-16(21-22(25)26-13-27-23(21)30)5-3-14-4-8-19-18(9-14)28-24(32-19)15-6-7-15/h2,4,8-10,13,15,17H,1,6-7,11-12H2,(H2,25,26,27). The van der Waals surface area contributed by atoms with Crippen molar-refractivity contribution in [2.24, 2.45) is 0 Å². The SMILES string of the molecule is C=CC(=O)N1CC(n2cc(C#Cc3ccc4oc(C5CC5)nc4c3)c3c(N)ncnc32)C1. The van der Waals surface area contributed by atoms with Gasteiger partial charge in [0.25, 0.3) is 0 Å². The molecule has 8 heteroatoms. The highest BCUT2D eigenvalue weighted by atomic mass is 16.3. The number of aromatic nitrogens is 4. The van der Waals surface area contributed by atoms with Crippen molar-refractivity contribution in [3.8, 4) is 11.8 Å². The number of nitrogens with two attached hydrogens (primary N) is 1. The van der Waals surface area contributed by atoms with E-state index in [0.29, 0.717) is 24.8 Å². The fraction of sp³-hybridized carbons (Fsp3) is 0.250. The number of rotatable bonds is 3. The smallest absolute Gasteiger partial charge is 0.246 e. The van der Waals surface area contributed by atoms with Gasteiger partial charge in [0.15, 0.2) is 11.5 Å². The van der Waals surface area contributed by atoms with Crippen LogP contribution in [0, 0.1) is 11.8 Å². The van der Waals surface area contributed by atoms with E-state index in [1.807, 2.05) is 29.0 Å². The topological polar surface area (TPSA) is 103 Å². The van der Waals surface area contributed by atoms with Gasteiger partial charge in [0, 0.05) is 30.8 Å². The Morgan fingerprint density at radius 1 is 1.25 bits per heavy atom. The van der Waals surface area contributed by atoms with Gasteiger partial charge in [-0.3, -0.25) is 4.79 Å². The molecule has 2 aliphatic rings. The molecule has 3 aromatic heterocycles. The summed E-state index contributed by atoms with van der Waals surface area (Å²) in [5.74, 6) is 8.06. The minimum absolute atomic E-state index is 0.0695. The molecule has 2 fully saturated rings. The summed E-state index contributed by atoms with van der Waals surface area (Å²) in [7, 11) is 0. The summed E-state index contributed by atoms with van der Waals surface area (Å²) in [5, 5.41) is 0.729. The van der Waals surface area contributed by atoms with E-state index < -0.39 is 0 Å². The molecule has 158 valence electrons. The third kappa shape index (κ3) is 3.02. The van der Waals surface area contributed by atoms with Crippen molar-refractivity contribution >= 4 is 33.9 Å². The quantitative estimate of drug-likeness (QED) is 0.401. The Balaban J connectivity index is 1.35. The molecule has 1 saturated carbocycles. The van der Waals surface area contributed by atoms with Crippen molar-refractivity contribution in [2.75, 3.05) is 18.8 Å². The zero-order valence-electron chi connectivity index (χ0n) is 17.3. The predicted octanol–water partition coefficient (Wildman–Crippen LogP) is 3.00. The molecule has 0 atom stereocenters. The van der Waals surface area contributed by atoms with E-state index in [0.717, 1.165) is 52.0 Å². The summed E-state index contributed by atoms with van der Waals surface area (Å²) < 4.78 is 7.87. The number of carbonyl (C=O) groups is 1. The first-order chi connectivity index (χ1) is 15.6. The lowest BCUT2D eigenvalue weighted by Gasteiger charge is -2.39. The molecule has 2 N–H and O–H groups in total. The molecule has 32 heavy (non-hydrogen) atoms. The monoisotopic (exact) mass is 424 g/mol. The highest BCUT2D eigenvalue weighted by Gasteiger charge is 2.32. The van der Waals surface area contributed by atoms with Crippen LogP contribution in [-0.4, -0.2) is 43.4 Å². The zero-order valence-corrected chi connectivity index (χ0v) is 17.3. The average molecular weight is 424 g/mol. The third-order valence-corrected chi connectivity index (χ3v) is 6.05. The number of anilines is 1. The van der Waals surface area contributed by atoms with E-state index in [-0.39, 0.29) is 11.9 Å². The van der Waals surface area contributed by atoms with Gasteiger partial charge < -0.3 is 19.6 Å². The first kappa shape index (κ1) is 18.6. The minimum Gasteiger partial charge on any atom is -0.440 e. The maximum absolute atomic E-state index is 11.8. The Morgan fingerprint density at radius 2 is 2.09 bits per heavy atom. The Bertz CT molecular complexity index is 1460. The van der Waals surface area contributed by atoms with E-state index in [4.69, 9.17) is 10.2 Å². The lowest BCUT2D eigenvalue weighted by atomic mass is 10.1. The van der Waals surface area contributed by atoms with Crippen molar-refractivity contribution in [3.63, 3.8) is 0 Å². The van der Waals surface area contributed by atoms with E-state index in [1.54, 1.807) is 4.90 Å². The van der Waals surface area contributed by atoms with Gasteiger partial charge in [0.05, 0.1) is 17.0 Å². The summed E-state index contributed by atoms with van der Waals surface area (Å²) in [6.07, 6.45) is 7.02. The minimum atomic E-state index is -0.0695. The van der Waals surface area contributed by atoms with Crippen molar-refractivity contribution in [3.05, 3.63) is 60.4 Å². The summed E-state index contributed by atoms with van der Waals surface area (Å²) in [6.45, 7) is 4.74. The second kappa shape index (κ2) is 6.95. The van der Waals surface area contributed by atoms with Gasteiger partial charge >= 0.3 is 0 Å². The van der Waals surface area contributed by atoms with Crippen LogP contribution in [0.15, 0.2) is 47.8 Å². The molecule has 1 aliphatic carbocycles. The largest absolute Gasteiger partial charge is 0.440 e. The molecule has 0 spiro atoms. The molecule has 0 unspecified atom stereocenters. The molecule has 4 heterocycles. The average Bonchev–Trinajstić information content (AvgIpc) is 3.43. The molecule has 0 bridgehead atoms.